The Morgan fingerprint density at radius 2 is 2.33 bits per heavy atom. The molecule has 1 aromatic rings. The quantitative estimate of drug-likeness (QED) is 0.627. The fourth-order valence-corrected chi connectivity index (χ4v) is 2.01. The van der Waals surface area contributed by atoms with Gasteiger partial charge >= 0.3 is 0 Å². The molecule has 1 aromatic carbocycles. The monoisotopic (exact) mass is 249 g/mol. The van der Waals surface area contributed by atoms with Crippen molar-refractivity contribution in [1.82, 2.24) is 5.32 Å². The summed E-state index contributed by atoms with van der Waals surface area (Å²) in [5, 5.41) is 16.7. The summed E-state index contributed by atoms with van der Waals surface area (Å²) in [6, 6.07) is 5.00. The standard InChI is InChI=1S/C12H15N3O3/c1-8-2-4-11(15(17)18)10(6-8)13-7-9-3-5-12(16)14-9/h2,4,6,9,13H,3,5,7H2,1H3,(H,14,16). The van der Waals surface area contributed by atoms with E-state index in [1.165, 1.54) is 6.07 Å². The number of aryl methyl sites for hydroxylation is 1. The summed E-state index contributed by atoms with van der Waals surface area (Å²) < 4.78 is 0. The van der Waals surface area contributed by atoms with Crippen molar-refractivity contribution in [3.8, 4) is 0 Å². The first-order valence-electron chi connectivity index (χ1n) is 5.84. The van der Waals surface area contributed by atoms with E-state index in [2.05, 4.69) is 10.6 Å². The average molecular weight is 249 g/mol. The van der Waals surface area contributed by atoms with Crippen LogP contribution >= 0.6 is 0 Å². The van der Waals surface area contributed by atoms with Gasteiger partial charge in [-0.3, -0.25) is 14.9 Å². The molecule has 0 saturated carbocycles. The van der Waals surface area contributed by atoms with Gasteiger partial charge in [0.25, 0.3) is 5.69 Å². The predicted molar refractivity (Wildman–Crippen MR) is 67.5 cm³/mol. The highest BCUT2D eigenvalue weighted by atomic mass is 16.6. The van der Waals surface area contributed by atoms with Gasteiger partial charge in [-0.15, -0.1) is 0 Å². The molecular weight excluding hydrogens is 234 g/mol. The fourth-order valence-electron chi connectivity index (χ4n) is 2.01. The van der Waals surface area contributed by atoms with E-state index in [1.54, 1.807) is 12.1 Å². The van der Waals surface area contributed by atoms with E-state index >= 15 is 0 Å². The van der Waals surface area contributed by atoms with Crippen LogP contribution in [0.25, 0.3) is 0 Å². The van der Waals surface area contributed by atoms with Crippen molar-refractivity contribution in [2.45, 2.75) is 25.8 Å². The van der Waals surface area contributed by atoms with Crippen LogP contribution in [0, 0.1) is 17.0 Å². The van der Waals surface area contributed by atoms with Crippen molar-refractivity contribution < 1.29 is 9.72 Å². The van der Waals surface area contributed by atoms with Gasteiger partial charge in [-0.25, -0.2) is 0 Å². The zero-order chi connectivity index (χ0) is 13.1. The van der Waals surface area contributed by atoms with Crippen LogP contribution in [0.15, 0.2) is 18.2 Å². The number of rotatable bonds is 4. The summed E-state index contributed by atoms with van der Waals surface area (Å²) in [4.78, 5) is 21.5. The van der Waals surface area contributed by atoms with Crippen molar-refractivity contribution in [2.75, 3.05) is 11.9 Å². The number of carbonyl (C=O) groups is 1. The van der Waals surface area contributed by atoms with Gasteiger partial charge in [0.15, 0.2) is 0 Å². The summed E-state index contributed by atoms with van der Waals surface area (Å²) in [5.74, 6) is 0.0422. The minimum absolute atomic E-state index is 0.0422. The predicted octanol–water partition coefficient (Wildman–Crippen LogP) is 1.59. The molecule has 1 atom stereocenters. The Kier molecular flexibility index (Phi) is 3.45. The molecule has 96 valence electrons. The topological polar surface area (TPSA) is 84.3 Å². The second-order valence-corrected chi connectivity index (χ2v) is 4.46. The van der Waals surface area contributed by atoms with Crippen LogP contribution < -0.4 is 10.6 Å². The Labute approximate surface area is 105 Å². The molecule has 1 aliphatic heterocycles. The van der Waals surface area contributed by atoms with Gasteiger partial charge < -0.3 is 10.6 Å². The van der Waals surface area contributed by atoms with E-state index in [4.69, 9.17) is 0 Å². The third-order valence-corrected chi connectivity index (χ3v) is 2.97. The van der Waals surface area contributed by atoms with Crippen LogP contribution in [0.1, 0.15) is 18.4 Å². The summed E-state index contributed by atoms with van der Waals surface area (Å²) in [6.45, 7) is 2.39. The lowest BCUT2D eigenvalue weighted by Gasteiger charge is -2.12. The van der Waals surface area contributed by atoms with Gasteiger partial charge in [0, 0.05) is 25.1 Å². The molecule has 0 aliphatic carbocycles. The molecule has 1 heterocycles. The maximum absolute atomic E-state index is 11.0. The van der Waals surface area contributed by atoms with Crippen LogP contribution in [0.2, 0.25) is 0 Å². The maximum Gasteiger partial charge on any atom is 0.292 e. The van der Waals surface area contributed by atoms with Crippen molar-refractivity contribution in [2.24, 2.45) is 0 Å². The van der Waals surface area contributed by atoms with Crippen LogP contribution in [0.5, 0.6) is 0 Å². The Balaban J connectivity index is 2.06. The van der Waals surface area contributed by atoms with Gasteiger partial charge in [0.1, 0.15) is 5.69 Å². The van der Waals surface area contributed by atoms with E-state index in [0.717, 1.165) is 12.0 Å². The van der Waals surface area contributed by atoms with Crippen molar-refractivity contribution in [3.05, 3.63) is 33.9 Å². The van der Waals surface area contributed by atoms with E-state index in [-0.39, 0.29) is 17.6 Å². The van der Waals surface area contributed by atoms with Crippen molar-refractivity contribution in [3.63, 3.8) is 0 Å². The number of hydrogen-bond donors (Lipinski definition) is 2. The van der Waals surface area contributed by atoms with E-state index in [0.29, 0.717) is 18.7 Å². The lowest BCUT2D eigenvalue weighted by atomic mass is 10.1. The molecule has 1 saturated heterocycles. The minimum atomic E-state index is -0.408. The van der Waals surface area contributed by atoms with Gasteiger partial charge in [-0.05, 0) is 25.0 Å². The molecule has 1 amide bonds. The summed E-state index contributed by atoms with van der Waals surface area (Å²) in [7, 11) is 0. The number of nitrogens with zero attached hydrogens (tertiary/aromatic N) is 1. The Hall–Kier alpha value is -2.11. The second-order valence-electron chi connectivity index (χ2n) is 4.46. The highest BCUT2D eigenvalue weighted by Gasteiger charge is 2.21. The molecular formula is C12H15N3O3. The Bertz CT molecular complexity index is 487. The molecule has 0 aromatic heterocycles. The first kappa shape index (κ1) is 12.3. The summed E-state index contributed by atoms with van der Waals surface area (Å²) in [5.41, 5.74) is 1.52. The molecule has 6 nitrogen and oxygen atoms in total. The molecule has 1 fully saturated rings. The molecule has 6 heteroatoms. The third-order valence-electron chi connectivity index (χ3n) is 2.97. The highest BCUT2D eigenvalue weighted by molar-refractivity contribution is 5.78. The van der Waals surface area contributed by atoms with Crippen LogP contribution in [0.3, 0.4) is 0 Å². The molecule has 2 N–H and O–H groups in total. The molecule has 2 rings (SSSR count). The molecule has 0 bridgehead atoms. The smallest absolute Gasteiger partial charge is 0.292 e. The highest BCUT2D eigenvalue weighted by Crippen LogP contribution is 2.25. The minimum Gasteiger partial charge on any atom is -0.377 e. The van der Waals surface area contributed by atoms with Crippen LogP contribution in [-0.4, -0.2) is 23.4 Å². The molecule has 0 radical (unpaired) electrons. The molecule has 18 heavy (non-hydrogen) atoms. The zero-order valence-electron chi connectivity index (χ0n) is 10.1. The largest absolute Gasteiger partial charge is 0.377 e. The van der Waals surface area contributed by atoms with Gasteiger partial charge in [0.05, 0.1) is 4.92 Å². The molecule has 1 unspecified atom stereocenters. The summed E-state index contributed by atoms with van der Waals surface area (Å²) >= 11 is 0. The first-order valence-corrected chi connectivity index (χ1v) is 5.84. The molecule has 1 aliphatic rings. The SMILES string of the molecule is Cc1ccc([N+](=O)[O-])c(NCC2CCC(=O)N2)c1. The fraction of sp³-hybridized carbons (Fsp3) is 0.417. The number of benzene rings is 1. The first-order chi connectivity index (χ1) is 8.56. The number of anilines is 1. The Morgan fingerprint density at radius 3 is 2.94 bits per heavy atom. The third kappa shape index (κ3) is 2.77. The van der Waals surface area contributed by atoms with E-state index in [9.17, 15) is 14.9 Å². The number of carbonyl (C=O) groups excluding carboxylic acids is 1. The zero-order valence-corrected chi connectivity index (χ0v) is 10.1. The lowest BCUT2D eigenvalue weighted by molar-refractivity contribution is -0.384. The van der Waals surface area contributed by atoms with Crippen molar-refractivity contribution in [1.29, 1.82) is 0 Å². The Morgan fingerprint density at radius 1 is 1.56 bits per heavy atom. The average Bonchev–Trinajstić information content (AvgIpc) is 2.72. The number of nitro groups is 1. The van der Waals surface area contributed by atoms with Gasteiger partial charge in [-0.1, -0.05) is 6.07 Å². The van der Waals surface area contributed by atoms with E-state index < -0.39 is 4.92 Å². The maximum atomic E-state index is 11.0. The van der Waals surface area contributed by atoms with Gasteiger partial charge in [0.2, 0.25) is 5.91 Å². The van der Waals surface area contributed by atoms with Crippen molar-refractivity contribution >= 4 is 17.3 Å². The van der Waals surface area contributed by atoms with Crippen LogP contribution in [0.4, 0.5) is 11.4 Å². The second kappa shape index (κ2) is 5.03. The summed E-state index contributed by atoms with van der Waals surface area (Å²) in [6.07, 6.45) is 1.30. The number of nitro benzene ring substituents is 1. The number of nitrogens with one attached hydrogen (secondary N) is 2. The number of hydrogen-bond acceptors (Lipinski definition) is 4. The normalized spacial score (nSPS) is 18.5. The van der Waals surface area contributed by atoms with Gasteiger partial charge in [-0.2, -0.15) is 0 Å². The number of amides is 1. The molecule has 0 spiro atoms. The van der Waals surface area contributed by atoms with E-state index in [1.807, 2.05) is 6.92 Å². The lowest BCUT2D eigenvalue weighted by Crippen LogP contribution is -2.31. The van der Waals surface area contributed by atoms with Crippen LogP contribution in [-0.2, 0) is 4.79 Å².